The summed E-state index contributed by atoms with van der Waals surface area (Å²) in [5.41, 5.74) is 0.749. The fourth-order valence-corrected chi connectivity index (χ4v) is 2.58. The highest BCUT2D eigenvalue weighted by atomic mass is 35.5. The number of pyridine rings is 1. The van der Waals surface area contributed by atoms with Gasteiger partial charge in [-0.05, 0) is 30.2 Å². The molecule has 136 valence electrons. The minimum atomic E-state index is -1.55. The maximum atomic E-state index is 11.2. The molecular weight excluding hydrogens is 366 g/mol. The number of hydrogen-bond donors (Lipinski definition) is 3. The summed E-state index contributed by atoms with van der Waals surface area (Å²) in [6.45, 7) is 1.90. The van der Waals surface area contributed by atoms with Crippen LogP contribution < -0.4 is 4.74 Å². The number of halogens is 1. The molecule has 2 aromatic rings. The molecule has 0 bridgehead atoms. The highest BCUT2D eigenvalue weighted by Crippen LogP contribution is 2.31. The number of aromatic nitrogens is 1. The van der Waals surface area contributed by atoms with E-state index in [9.17, 15) is 14.4 Å². The summed E-state index contributed by atoms with van der Waals surface area (Å²) in [5, 5.41) is 27.4. The highest BCUT2D eigenvalue weighted by molar-refractivity contribution is 6.35. The number of benzene rings is 1. The minimum Gasteiger partial charge on any atom is -0.478 e. The van der Waals surface area contributed by atoms with Gasteiger partial charge in [0.1, 0.15) is 11.4 Å². The average Bonchev–Trinajstić information content (AvgIpc) is 2.54. The summed E-state index contributed by atoms with van der Waals surface area (Å²) < 4.78 is 5.19. The lowest BCUT2D eigenvalue weighted by atomic mass is 10.0. The predicted octanol–water partition coefficient (Wildman–Crippen LogP) is 2.97. The smallest absolute Gasteiger partial charge is 0.372 e. The van der Waals surface area contributed by atoms with Gasteiger partial charge in [0.05, 0.1) is 16.6 Å². The summed E-state index contributed by atoms with van der Waals surface area (Å²) in [6.07, 6.45) is 1.64. The third-order valence-corrected chi connectivity index (χ3v) is 3.66. The zero-order chi connectivity index (χ0) is 19.4. The van der Waals surface area contributed by atoms with Crippen molar-refractivity contribution < 1.29 is 34.4 Å². The molecule has 0 unspecified atom stereocenters. The molecule has 1 aromatic heterocycles. The Morgan fingerprint density at radius 2 is 1.88 bits per heavy atom. The van der Waals surface area contributed by atoms with Crippen LogP contribution in [0.2, 0.25) is 5.02 Å². The Morgan fingerprint density at radius 3 is 2.42 bits per heavy atom. The molecule has 1 heterocycles. The molecule has 0 saturated carbocycles. The molecule has 0 atom stereocenters. The van der Waals surface area contributed by atoms with Crippen LogP contribution in [0.15, 0.2) is 30.0 Å². The summed E-state index contributed by atoms with van der Waals surface area (Å²) in [7, 11) is 0. The van der Waals surface area contributed by atoms with Gasteiger partial charge in [-0.25, -0.2) is 19.4 Å². The summed E-state index contributed by atoms with van der Waals surface area (Å²) in [6, 6.07) is 4.05. The van der Waals surface area contributed by atoms with Crippen LogP contribution in [0, 0.1) is 0 Å². The summed E-state index contributed by atoms with van der Waals surface area (Å²) in [4.78, 5) is 37.2. The number of aryl methyl sites for hydroxylation is 1. The van der Waals surface area contributed by atoms with E-state index < -0.39 is 23.7 Å². The zero-order valence-corrected chi connectivity index (χ0v) is 14.3. The molecule has 0 fully saturated rings. The Hall–Kier alpha value is -3.13. The highest BCUT2D eigenvalue weighted by Gasteiger charge is 2.17. The van der Waals surface area contributed by atoms with E-state index in [2.05, 4.69) is 4.98 Å². The largest absolute Gasteiger partial charge is 0.478 e. The summed E-state index contributed by atoms with van der Waals surface area (Å²) in [5.74, 6) is -4.96. The second-order valence-electron chi connectivity index (χ2n) is 5.28. The fraction of sp³-hybridized carbons (Fsp3) is 0.176. The van der Waals surface area contributed by atoms with Gasteiger partial charge in [-0.2, -0.15) is 0 Å². The van der Waals surface area contributed by atoms with E-state index in [4.69, 9.17) is 31.7 Å². The van der Waals surface area contributed by atoms with Crippen LogP contribution in [-0.2, 0) is 16.0 Å². The Bertz CT molecular complexity index is 936. The van der Waals surface area contributed by atoms with Crippen molar-refractivity contribution in [2.24, 2.45) is 0 Å². The first-order valence-corrected chi connectivity index (χ1v) is 7.83. The molecule has 0 spiro atoms. The predicted molar refractivity (Wildman–Crippen MR) is 91.7 cm³/mol. The molecule has 8 nitrogen and oxygen atoms in total. The standard InChI is InChI=1S/C17H14ClNO7/c1-2-3-8-4-9(26-13(17(24)25)7-14(20)21)5-10-11(18)6-12(16(22)23)19-15(8)10/h4-7H,2-3H2,1H3,(H,20,21)(H,22,23)(H,24,25)/b13-7-. The number of carbonyl (C=O) groups is 3. The third-order valence-electron chi connectivity index (χ3n) is 3.35. The summed E-state index contributed by atoms with van der Waals surface area (Å²) >= 11 is 6.15. The van der Waals surface area contributed by atoms with E-state index in [0.717, 1.165) is 0 Å². The molecule has 2 rings (SSSR count). The molecule has 0 saturated heterocycles. The van der Waals surface area contributed by atoms with Crippen LogP contribution in [0.3, 0.4) is 0 Å². The van der Waals surface area contributed by atoms with Gasteiger partial charge in [-0.1, -0.05) is 24.9 Å². The van der Waals surface area contributed by atoms with Gasteiger partial charge >= 0.3 is 17.9 Å². The maximum Gasteiger partial charge on any atom is 0.372 e. The molecule has 0 amide bonds. The minimum absolute atomic E-state index is 0.0580. The number of fused-ring (bicyclic) bond motifs is 1. The molecule has 3 N–H and O–H groups in total. The number of nitrogens with zero attached hydrogens (tertiary/aromatic N) is 1. The van der Waals surface area contributed by atoms with Crippen molar-refractivity contribution in [1.82, 2.24) is 4.98 Å². The van der Waals surface area contributed by atoms with Crippen LogP contribution in [0.25, 0.3) is 10.9 Å². The van der Waals surface area contributed by atoms with Gasteiger partial charge in [0.15, 0.2) is 0 Å². The van der Waals surface area contributed by atoms with Crippen LogP contribution in [0.4, 0.5) is 0 Å². The van der Waals surface area contributed by atoms with Gasteiger partial charge in [-0.15, -0.1) is 0 Å². The van der Waals surface area contributed by atoms with Crippen molar-refractivity contribution in [3.8, 4) is 5.75 Å². The van der Waals surface area contributed by atoms with Gasteiger partial charge in [-0.3, -0.25) is 0 Å². The normalized spacial score (nSPS) is 11.4. The van der Waals surface area contributed by atoms with Crippen LogP contribution in [0.5, 0.6) is 5.75 Å². The topological polar surface area (TPSA) is 134 Å². The SMILES string of the molecule is CCCc1cc(O/C(=C\C(=O)O)C(=O)O)cc2c(Cl)cc(C(=O)O)nc12. The van der Waals surface area contributed by atoms with Gasteiger partial charge < -0.3 is 20.1 Å². The number of carboxylic acid groups (broad SMARTS) is 3. The first kappa shape index (κ1) is 19.2. The Labute approximate surface area is 152 Å². The molecule has 0 aliphatic carbocycles. The first-order chi connectivity index (χ1) is 12.2. The molecule has 0 radical (unpaired) electrons. The molecule has 0 aliphatic heterocycles. The third kappa shape index (κ3) is 4.28. The van der Waals surface area contributed by atoms with E-state index in [1.54, 1.807) is 0 Å². The van der Waals surface area contributed by atoms with E-state index in [1.807, 2.05) is 6.92 Å². The van der Waals surface area contributed by atoms with Gasteiger partial charge in [0.25, 0.3) is 0 Å². The van der Waals surface area contributed by atoms with Crippen molar-refractivity contribution in [3.05, 3.63) is 46.3 Å². The van der Waals surface area contributed by atoms with Crippen molar-refractivity contribution in [2.45, 2.75) is 19.8 Å². The molecule has 9 heteroatoms. The van der Waals surface area contributed by atoms with E-state index in [0.29, 0.717) is 35.4 Å². The Morgan fingerprint density at radius 1 is 1.19 bits per heavy atom. The van der Waals surface area contributed by atoms with Crippen molar-refractivity contribution in [2.75, 3.05) is 0 Å². The second kappa shape index (κ2) is 7.83. The number of aromatic carboxylic acids is 1. The molecular formula is C17H14ClNO7. The molecule has 1 aromatic carbocycles. The molecule has 0 aliphatic rings. The Balaban J connectivity index is 2.64. The second-order valence-corrected chi connectivity index (χ2v) is 5.68. The Kier molecular flexibility index (Phi) is 5.78. The lowest BCUT2D eigenvalue weighted by molar-refractivity contribution is -0.137. The van der Waals surface area contributed by atoms with Crippen molar-refractivity contribution in [3.63, 3.8) is 0 Å². The van der Waals surface area contributed by atoms with E-state index in [-0.39, 0.29) is 16.5 Å². The first-order valence-electron chi connectivity index (χ1n) is 7.45. The molecule has 26 heavy (non-hydrogen) atoms. The van der Waals surface area contributed by atoms with Crippen molar-refractivity contribution in [1.29, 1.82) is 0 Å². The number of aliphatic carboxylic acids is 2. The van der Waals surface area contributed by atoms with Crippen LogP contribution in [-0.4, -0.2) is 38.2 Å². The van der Waals surface area contributed by atoms with Crippen LogP contribution in [0.1, 0.15) is 29.4 Å². The maximum absolute atomic E-state index is 11.2. The van der Waals surface area contributed by atoms with Crippen molar-refractivity contribution >= 4 is 40.4 Å². The number of ether oxygens (including phenoxy) is 1. The van der Waals surface area contributed by atoms with Gasteiger partial charge in [0.2, 0.25) is 5.76 Å². The number of carboxylic acids is 3. The van der Waals surface area contributed by atoms with Gasteiger partial charge in [0, 0.05) is 5.39 Å². The zero-order valence-electron chi connectivity index (χ0n) is 13.5. The number of hydrogen-bond acceptors (Lipinski definition) is 5. The fourth-order valence-electron chi connectivity index (χ4n) is 2.33. The monoisotopic (exact) mass is 379 g/mol. The van der Waals surface area contributed by atoms with E-state index in [1.165, 1.54) is 18.2 Å². The lowest BCUT2D eigenvalue weighted by Crippen LogP contribution is -2.10. The van der Waals surface area contributed by atoms with Crippen LogP contribution >= 0.6 is 11.6 Å². The average molecular weight is 380 g/mol. The van der Waals surface area contributed by atoms with E-state index >= 15 is 0 Å². The lowest BCUT2D eigenvalue weighted by Gasteiger charge is -2.12. The number of rotatable bonds is 7. The quantitative estimate of drug-likeness (QED) is 0.493.